The lowest BCUT2D eigenvalue weighted by Crippen LogP contribution is -2.28. The minimum Gasteiger partial charge on any atom is -0.378 e. The van der Waals surface area contributed by atoms with E-state index in [0.717, 1.165) is 31.0 Å². The van der Waals surface area contributed by atoms with Crippen LogP contribution in [0.2, 0.25) is 0 Å². The first-order chi connectivity index (χ1) is 9.18. The van der Waals surface area contributed by atoms with Gasteiger partial charge in [0.25, 0.3) is 0 Å². The number of hydrogen-bond acceptors (Lipinski definition) is 3. The number of anilines is 1. The van der Waals surface area contributed by atoms with Gasteiger partial charge in [-0.05, 0) is 32.4 Å². The van der Waals surface area contributed by atoms with Gasteiger partial charge in [-0.25, -0.2) is 0 Å². The number of rotatable bonds is 6. The summed E-state index contributed by atoms with van der Waals surface area (Å²) in [5.74, 6) is 1.12. The summed E-state index contributed by atoms with van der Waals surface area (Å²) in [4.78, 5) is 14.2. The van der Waals surface area contributed by atoms with Crippen molar-refractivity contribution in [1.82, 2.24) is 0 Å². The predicted octanol–water partition coefficient (Wildman–Crippen LogP) is 2.95. The monoisotopic (exact) mass is 279 g/mol. The zero-order valence-corrected chi connectivity index (χ0v) is 12.4. The Balaban J connectivity index is 1.81. The van der Waals surface area contributed by atoms with Gasteiger partial charge >= 0.3 is 0 Å². The summed E-state index contributed by atoms with van der Waals surface area (Å²) in [6, 6.07) is 9.90. The van der Waals surface area contributed by atoms with E-state index in [-0.39, 0.29) is 17.3 Å². The van der Waals surface area contributed by atoms with Crippen LogP contribution in [-0.4, -0.2) is 36.2 Å². The molecule has 0 radical (unpaired) electrons. The van der Waals surface area contributed by atoms with Gasteiger partial charge in [0.05, 0.1) is 18.0 Å². The SMILES string of the molecule is CC(C)OCCS[C@@H]1CCN(c2ccccc2)C1=O. The van der Waals surface area contributed by atoms with E-state index in [9.17, 15) is 4.79 Å². The van der Waals surface area contributed by atoms with Crippen LogP contribution in [0.3, 0.4) is 0 Å². The fraction of sp³-hybridized carbons (Fsp3) is 0.533. The molecule has 0 aromatic heterocycles. The van der Waals surface area contributed by atoms with Crippen molar-refractivity contribution in [3.05, 3.63) is 30.3 Å². The highest BCUT2D eigenvalue weighted by molar-refractivity contribution is 8.00. The smallest absolute Gasteiger partial charge is 0.240 e. The Morgan fingerprint density at radius 1 is 1.37 bits per heavy atom. The van der Waals surface area contributed by atoms with E-state index in [0.29, 0.717) is 0 Å². The normalized spacial score (nSPS) is 19.4. The Morgan fingerprint density at radius 3 is 2.79 bits per heavy atom. The lowest BCUT2D eigenvalue weighted by molar-refractivity contribution is -0.116. The maximum absolute atomic E-state index is 12.3. The molecule has 0 unspecified atom stereocenters. The van der Waals surface area contributed by atoms with Crippen molar-refractivity contribution in [1.29, 1.82) is 0 Å². The molecule has 1 atom stereocenters. The highest BCUT2D eigenvalue weighted by Crippen LogP contribution is 2.28. The zero-order chi connectivity index (χ0) is 13.7. The maximum Gasteiger partial charge on any atom is 0.240 e. The van der Waals surface area contributed by atoms with Crippen LogP contribution in [-0.2, 0) is 9.53 Å². The number of thioether (sulfide) groups is 1. The van der Waals surface area contributed by atoms with E-state index in [1.54, 1.807) is 11.8 Å². The molecule has 1 saturated heterocycles. The average molecular weight is 279 g/mol. The summed E-state index contributed by atoms with van der Waals surface area (Å²) in [5.41, 5.74) is 1.01. The van der Waals surface area contributed by atoms with Gasteiger partial charge in [0.2, 0.25) is 5.91 Å². The lowest BCUT2D eigenvalue weighted by Gasteiger charge is -2.16. The van der Waals surface area contributed by atoms with Crippen molar-refractivity contribution in [2.45, 2.75) is 31.6 Å². The molecule has 0 spiro atoms. The highest BCUT2D eigenvalue weighted by Gasteiger charge is 2.32. The van der Waals surface area contributed by atoms with Gasteiger partial charge in [-0.1, -0.05) is 18.2 Å². The number of carbonyl (C=O) groups is 1. The molecule has 19 heavy (non-hydrogen) atoms. The number of carbonyl (C=O) groups excluding carboxylic acids is 1. The second-order valence-corrected chi connectivity index (χ2v) is 6.20. The van der Waals surface area contributed by atoms with Gasteiger partial charge < -0.3 is 9.64 Å². The fourth-order valence-electron chi connectivity index (χ4n) is 2.15. The summed E-state index contributed by atoms with van der Waals surface area (Å²) in [6.07, 6.45) is 1.20. The van der Waals surface area contributed by atoms with E-state index < -0.39 is 0 Å². The summed E-state index contributed by atoms with van der Waals surface area (Å²) < 4.78 is 5.50. The lowest BCUT2D eigenvalue weighted by atomic mass is 10.3. The van der Waals surface area contributed by atoms with Crippen LogP contribution in [0.25, 0.3) is 0 Å². The molecule has 2 rings (SSSR count). The molecule has 1 aromatic carbocycles. The third kappa shape index (κ3) is 3.98. The molecule has 4 heteroatoms. The third-order valence-electron chi connectivity index (χ3n) is 3.08. The van der Waals surface area contributed by atoms with E-state index in [4.69, 9.17) is 4.74 Å². The number of ether oxygens (including phenoxy) is 1. The van der Waals surface area contributed by atoms with Gasteiger partial charge in [-0.2, -0.15) is 0 Å². The molecule has 3 nitrogen and oxygen atoms in total. The van der Waals surface area contributed by atoms with Crippen LogP contribution >= 0.6 is 11.8 Å². The Labute approximate surface area is 119 Å². The van der Waals surface area contributed by atoms with Crippen LogP contribution < -0.4 is 4.90 Å². The summed E-state index contributed by atoms with van der Waals surface area (Å²) in [5, 5.41) is 0.0935. The molecule has 1 fully saturated rings. The fourth-order valence-corrected chi connectivity index (χ4v) is 3.17. The van der Waals surface area contributed by atoms with Crippen molar-refractivity contribution in [2.24, 2.45) is 0 Å². The molecule has 1 aliphatic rings. The Hall–Kier alpha value is -1.00. The van der Waals surface area contributed by atoms with Gasteiger partial charge in [0.1, 0.15) is 0 Å². The van der Waals surface area contributed by atoms with Crippen molar-refractivity contribution in [2.75, 3.05) is 23.8 Å². The number of nitrogens with zero attached hydrogens (tertiary/aromatic N) is 1. The molecular formula is C15H21NO2S. The van der Waals surface area contributed by atoms with Crippen molar-refractivity contribution in [3.8, 4) is 0 Å². The predicted molar refractivity (Wildman–Crippen MR) is 80.7 cm³/mol. The topological polar surface area (TPSA) is 29.5 Å². The van der Waals surface area contributed by atoms with Crippen molar-refractivity contribution < 1.29 is 9.53 Å². The van der Waals surface area contributed by atoms with Gasteiger partial charge in [-0.3, -0.25) is 4.79 Å². The van der Waals surface area contributed by atoms with E-state index in [1.807, 2.05) is 49.1 Å². The van der Waals surface area contributed by atoms with Crippen LogP contribution in [0.15, 0.2) is 30.3 Å². The molecule has 0 N–H and O–H groups in total. The van der Waals surface area contributed by atoms with Crippen molar-refractivity contribution >= 4 is 23.4 Å². The summed E-state index contributed by atoms with van der Waals surface area (Å²) in [6.45, 7) is 5.61. The molecule has 1 heterocycles. The molecule has 0 bridgehead atoms. The first-order valence-corrected chi connectivity index (χ1v) is 7.83. The number of benzene rings is 1. The standard InChI is InChI=1S/C15H21NO2S/c1-12(2)18-10-11-19-14-8-9-16(15(14)17)13-6-4-3-5-7-13/h3-7,12,14H,8-11H2,1-2H3/t14-/m1/s1. The molecule has 1 aromatic rings. The van der Waals surface area contributed by atoms with Crippen molar-refractivity contribution in [3.63, 3.8) is 0 Å². The minimum atomic E-state index is 0.0935. The van der Waals surface area contributed by atoms with Gasteiger partial charge in [-0.15, -0.1) is 11.8 Å². The highest BCUT2D eigenvalue weighted by atomic mass is 32.2. The Bertz CT molecular complexity index is 408. The van der Waals surface area contributed by atoms with Gasteiger partial charge in [0, 0.05) is 18.0 Å². The zero-order valence-electron chi connectivity index (χ0n) is 11.5. The molecule has 1 aliphatic heterocycles. The Morgan fingerprint density at radius 2 is 2.11 bits per heavy atom. The summed E-state index contributed by atoms with van der Waals surface area (Å²) >= 11 is 1.72. The second-order valence-electron chi connectivity index (χ2n) is 4.89. The molecule has 104 valence electrons. The quantitative estimate of drug-likeness (QED) is 0.750. The van der Waals surface area contributed by atoms with E-state index >= 15 is 0 Å². The number of para-hydroxylation sites is 1. The first-order valence-electron chi connectivity index (χ1n) is 6.78. The van der Waals surface area contributed by atoms with E-state index in [1.165, 1.54) is 0 Å². The number of amides is 1. The second kappa shape index (κ2) is 6.96. The average Bonchev–Trinajstić information content (AvgIpc) is 2.77. The minimum absolute atomic E-state index is 0.0935. The third-order valence-corrected chi connectivity index (χ3v) is 4.32. The van der Waals surface area contributed by atoms with Crippen LogP contribution in [0, 0.1) is 0 Å². The first kappa shape index (κ1) is 14.4. The van der Waals surface area contributed by atoms with Crippen LogP contribution in [0.1, 0.15) is 20.3 Å². The molecular weight excluding hydrogens is 258 g/mol. The van der Waals surface area contributed by atoms with Crippen LogP contribution in [0.4, 0.5) is 5.69 Å². The molecule has 0 saturated carbocycles. The largest absolute Gasteiger partial charge is 0.378 e. The van der Waals surface area contributed by atoms with Gasteiger partial charge in [0.15, 0.2) is 0 Å². The maximum atomic E-state index is 12.3. The number of hydrogen-bond donors (Lipinski definition) is 0. The summed E-state index contributed by atoms with van der Waals surface area (Å²) in [7, 11) is 0. The van der Waals surface area contributed by atoms with E-state index in [2.05, 4.69) is 0 Å². The Kier molecular flexibility index (Phi) is 5.28. The van der Waals surface area contributed by atoms with Crippen LogP contribution in [0.5, 0.6) is 0 Å². The molecule has 1 amide bonds. The molecule has 0 aliphatic carbocycles.